The van der Waals surface area contributed by atoms with Crippen LogP contribution in [0.1, 0.15) is 42.5 Å². The summed E-state index contributed by atoms with van der Waals surface area (Å²) in [5.41, 5.74) is 1.37. The molecule has 2 N–H and O–H groups in total. The highest BCUT2D eigenvalue weighted by Gasteiger charge is 2.18. The van der Waals surface area contributed by atoms with Crippen LogP contribution in [-0.4, -0.2) is 33.2 Å². The molecule has 0 fully saturated rings. The number of aliphatic hydroxyl groups excluding tert-OH is 1. The Morgan fingerprint density at radius 3 is 2.56 bits per heavy atom. The van der Waals surface area contributed by atoms with Gasteiger partial charge in [0, 0.05) is 17.3 Å². The normalized spacial score (nSPS) is 11.2. The number of halogens is 1. The molecule has 1 aromatic heterocycles. The summed E-state index contributed by atoms with van der Waals surface area (Å²) >= 11 is 6.46. The van der Waals surface area contributed by atoms with Crippen molar-refractivity contribution in [3.05, 3.63) is 68.7 Å². The minimum absolute atomic E-state index is 0.172. The molecule has 0 aliphatic carbocycles. The number of hydrogen-bond donors (Lipinski definition) is 2. The fourth-order valence-electron chi connectivity index (χ4n) is 3.15. The maximum Gasteiger partial charge on any atom is 0.338 e. The van der Waals surface area contributed by atoms with Crippen molar-refractivity contribution >= 4 is 34.2 Å². The molecule has 0 radical (unpaired) electrons. The minimum atomic E-state index is -0.581. The Kier molecular flexibility index (Phi) is 6.87. The molecule has 166 valence electrons. The van der Waals surface area contributed by atoms with Crippen LogP contribution in [0.4, 0.5) is 5.69 Å². The number of hydrogen-bond acceptors (Lipinski definition) is 6. The Morgan fingerprint density at radius 2 is 1.97 bits per heavy atom. The second kappa shape index (κ2) is 9.43. The molecule has 8 heteroatoms. The van der Waals surface area contributed by atoms with Crippen LogP contribution in [-0.2, 0) is 17.9 Å². The standard InChI is InChI=1S/C24H24ClN3O4/c1-5-10-28(17-8-6-15(7-9-17)23(31)32-24(2,3)4)13-16-11-18-20(12-19(16)25)26-21(14-29)27-22(18)30/h1,6-9,11-12,29H,10,13-14H2,2-4H3,(H,26,27,30). The van der Waals surface area contributed by atoms with Crippen molar-refractivity contribution in [2.24, 2.45) is 0 Å². The minimum Gasteiger partial charge on any atom is -0.456 e. The summed E-state index contributed by atoms with van der Waals surface area (Å²) in [4.78, 5) is 33.3. The van der Waals surface area contributed by atoms with E-state index in [0.29, 0.717) is 33.6 Å². The molecule has 7 nitrogen and oxygen atoms in total. The number of benzene rings is 2. The van der Waals surface area contributed by atoms with Crippen molar-refractivity contribution in [1.82, 2.24) is 9.97 Å². The van der Waals surface area contributed by atoms with Crippen molar-refractivity contribution in [3.8, 4) is 12.3 Å². The molecule has 1 heterocycles. The summed E-state index contributed by atoms with van der Waals surface area (Å²) in [6.07, 6.45) is 5.57. The van der Waals surface area contributed by atoms with Crippen LogP contribution in [0.15, 0.2) is 41.2 Å². The molecule has 0 aliphatic heterocycles. The number of fused-ring (bicyclic) bond motifs is 1. The monoisotopic (exact) mass is 453 g/mol. The molecular formula is C24H24ClN3O4. The zero-order chi connectivity index (χ0) is 23.5. The number of rotatable bonds is 6. The number of aromatic nitrogens is 2. The maximum atomic E-state index is 12.4. The number of nitrogens with zero attached hydrogens (tertiary/aromatic N) is 2. The lowest BCUT2D eigenvalue weighted by Gasteiger charge is -2.24. The summed E-state index contributed by atoms with van der Waals surface area (Å²) in [5, 5.41) is 10.0. The molecule has 0 amide bonds. The first-order chi connectivity index (χ1) is 15.1. The third kappa shape index (κ3) is 5.47. The Bertz CT molecular complexity index is 1240. The Morgan fingerprint density at radius 1 is 1.28 bits per heavy atom. The van der Waals surface area contributed by atoms with E-state index in [-0.39, 0.29) is 24.5 Å². The van der Waals surface area contributed by atoms with Crippen LogP contribution in [0.5, 0.6) is 0 Å². The number of nitrogens with one attached hydrogen (secondary N) is 1. The second-order valence-corrected chi connectivity index (χ2v) is 8.65. The first-order valence-corrected chi connectivity index (χ1v) is 10.3. The lowest BCUT2D eigenvalue weighted by molar-refractivity contribution is 0.00695. The van der Waals surface area contributed by atoms with Crippen LogP contribution >= 0.6 is 11.6 Å². The summed E-state index contributed by atoms with van der Waals surface area (Å²) in [6.45, 7) is 5.69. The summed E-state index contributed by atoms with van der Waals surface area (Å²) < 4.78 is 5.40. The van der Waals surface area contributed by atoms with E-state index in [0.717, 1.165) is 5.69 Å². The SMILES string of the molecule is C#CCN(Cc1cc2c(=O)[nH]c(CO)nc2cc1Cl)c1ccc(C(=O)OC(C)(C)C)cc1. The van der Waals surface area contributed by atoms with Gasteiger partial charge in [0.1, 0.15) is 18.0 Å². The molecule has 3 rings (SSSR count). The molecular weight excluding hydrogens is 430 g/mol. The van der Waals surface area contributed by atoms with Gasteiger partial charge in [0.15, 0.2) is 0 Å². The zero-order valence-electron chi connectivity index (χ0n) is 18.1. The highest BCUT2D eigenvalue weighted by molar-refractivity contribution is 6.32. The second-order valence-electron chi connectivity index (χ2n) is 8.24. The Balaban J connectivity index is 1.90. The predicted octanol–water partition coefficient (Wildman–Crippen LogP) is 3.66. The molecule has 0 aliphatic rings. The van der Waals surface area contributed by atoms with E-state index in [9.17, 15) is 14.7 Å². The van der Waals surface area contributed by atoms with Crippen LogP contribution in [0.25, 0.3) is 10.9 Å². The van der Waals surface area contributed by atoms with E-state index in [1.807, 2.05) is 25.7 Å². The number of terminal acetylenes is 1. The van der Waals surface area contributed by atoms with Gasteiger partial charge in [-0.15, -0.1) is 6.42 Å². The third-order valence-electron chi connectivity index (χ3n) is 4.58. The Labute approximate surface area is 191 Å². The number of carbonyl (C=O) groups excluding carboxylic acids is 1. The number of aliphatic hydroxyl groups is 1. The molecule has 0 saturated carbocycles. The van der Waals surface area contributed by atoms with Gasteiger partial charge >= 0.3 is 5.97 Å². The van der Waals surface area contributed by atoms with Gasteiger partial charge in [-0.1, -0.05) is 17.5 Å². The Hall–Kier alpha value is -3.34. The van der Waals surface area contributed by atoms with E-state index in [1.165, 1.54) is 0 Å². The molecule has 0 saturated heterocycles. The van der Waals surface area contributed by atoms with Gasteiger partial charge in [0.05, 0.1) is 23.0 Å². The van der Waals surface area contributed by atoms with E-state index in [4.69, 9.17) is 22.8 Å². The number of H-pyrrole nitrogens is 1. The fraction of sp³-hybridized carbons (Fsp3) is 0.292. The van der Waals surface area contributed by atoms with E-state index in [2.05, 4.69) is 15.9 Å². The average molecular weight is 454 g/mol. The largest absolute Gasteiger partial charge is 0.456 e. The van der Waals surface area contributed by atoms with Crippen LogP contribution < -0.4 is 10.5 Å². The van der Waals surface area contributed by atoms with E-state index in [1.54, 1.807) is 36.4 Å². The number of esters is 1. The van der Waals surface area contributed by atoms with Crippen molar-refractivity contribution in [2.75, 3.05) is 11.4 Å². The highest BCUT2D eigenvalue weighted by Crippen LogP contribution is 2.25. The quantitative estimate of drug-likeness (QED) is 0.437. The van der Waals surface area contributed by atoms with Crippen LogP contribution in [0.2, 0.25) is 5.02 Å². The number of ether oxygens (including phenoxy) is 1. The third-order valence-corrected chi connectivity index (χ3v) is 4.93. The smallest absolute Gasteiger partial charge is 0.338 e. The lowest BCUT2D eigenvalue weighted by atomic mass is 10.1. The fourth-order valence-corrected chi connectivity index (χ4v) is 3.37. The van der Waals surface area contributed by atoms with Crippen molar-refractivity contribution in [3.63, 3.8) is 0 Å². The summed E-state index contributed by atoms with van der Waals surface area (Å²) in [7, 11) is 0. The van der Waals surface area contributed by atoms with Gasteiger partial charge in [-0.2, -0.15) is 0 Å². The van der Waals surface area contributed by atoms with Crippen molar-refractivity contribution in [2.45, 2.75) is 39.5 Å². The van der Waals surface area contributed by atoms with Gasteiger partial charge in [-0.25, -0.2) is 9.78 Å². The van der Waals surface area contributed by atoms with Gasteiger partial charge in [0.2, 0.25) is 0 Å². The van der Waals surface area contributed by atoms with Gasteiger partial charge in [-0.3, -0.25) is 4.79 Å². The van der Waals surface area contributed by atoms with Gasteiger partial charge < -0.3 is 19.7 Å². The molecule has 3 aromatic rings. The van der Waals surface area contributed by atoms with E-state index >= 15 is 0 Å². The number of carbonyl (C=O) groups is 1. The maximum absolute atomic E-state index is 12.4. The molecule has 2 aromatic carbocycles. The van der Waals surface area contributed by atoms with Crippen molar-refractivity contribution < 1.29 is 14.6 Å². The first kappa shape index (κ1) is 23.3. The highest BCUT2D eigenvalue weighted by atomic mass is 35.5. The van der Waals surface area contributed by atoms with Crippen molar-refractivity contribution in [1.29, 1.82) is 0 Å². The molecule has 32 heavy (non-hydrogen) atoms. The first-order valence-electron chi connectivity index (χ1n) is 9.95. The van der Waals surface area contributed by atoms with E-state index < -0.39 is 11.6 Å². The predicted molar refractivity (Wildman–Crippen MR) is 125 cm³/mol. The topological polar surface area (TPSA) is 95.5 Å². The molecule has 0 bridgehead atoms. The number of aromatic amines is 1. The average Bonchev–Trinajstić information content (AvgIpc) is 2.73. The van der Waals surface area contributed by atoms with Gasteiger partial charge in [0.25, 0.3) is 5.56 Å². The zero-order valence-corrected chi connectivity index (χ0v) is 18.9. The molecule has 0 unspecified atom stereocenters. The molecule has 0 atom stereocenters. The van der Waals surface area contributed by atoms with Crippen LogP contribution in [0, 0.1) is 12.3 Å². The summed E-state index contributed by atoms with van der Waals surface area (Å²) in [5.74, 6) is 2.39. The van der Waals surface area contributed by atoms with Crippen LogP contribution in [0.3, 0.4) is 0 Å². The molecule has 0 spiro atoms. The lowest BCUT2D eigenvalue weighted by Crippen LogP contribution is -2.25. The summed E-state index contributed by atoms with van der Waals surface area (Å²) in [6, 6.07) is 10.2. The van der Waals surface area contributed by atoms with Gasteiger partial charge in [-0.05, 0) is 62.7 Å². The number of anilines is 1.